The lowest BCUT2D eigenvalue weighted by atomic mass is 9.87. The Labute approximate surface area is 219 Å². The molecule has 0 spiro atoms. The highest BCUT2D eigenvalue weighted by Gasteiger charge is 2.22. The lowest BCUT2D eigenvalue weighted by molar-refractivity contribution is 0.155. The van der Waals surface area contributed by atoms with Gasteiger partial charge in [0.15, 0.2) is 0 Å². The van der Waals surface area contributed by atoms with Gasteiger partial charge in [-0.1, -0.05) is 71.2 Å². The Morgan fingerprint density at radius 3 is 2.17 bits per heavy atom. The number of aliphatic hydroxyl groups excluding tert-OH is 2. The molecular weight excluding hydrogens is 448 g/mol. The second-order valence-corrected chi connectivity index (χ2v) is 8.43. The SMILES string of the molecule is CCC.CCC(CC)C(O)/C(=C/NC)c1ccnc(-c2c(C)cccc2C)c1.CN/N=C\C=C/CO. The van der Waals surface area contributed by atoms with Crippen molar-refractivity contribution in [2.75, 3.05) is 20.7 Å². The number of hydrogen-bond donors (Lipinski definition) is 4. The molecule has 2 aromatic rings. The number of aromatic nitrogens is 1. The topological polar surface area (TPSA) is 89.8 Å². The summed E-state index contributed by atoms with van der Waals surface area (Å²) in [6.07, 6.45) is 11.2. The number of pyridine rings is 1. The molecule has 1 aromatic carbocycles. The average molecular weight is 497 g/mol. The molecule has 0 aliphatic carbocycles. The highest BCUT2D eigenvalue weighted by atomic mass is 16.3. The fourth-order valence-electron chi connectivity index (χ4n) is 3.69. The molecule has 0 saturated heterocycles. The molecule has 4 N–H and O–H groups in total. The van der Waals surface area contributed by atoms with E-state index in [2.05, 4.69) is 86.6 Å². The van der Waals surface area contributed by atoms with Crippen LogP contribution in [-0.2, 0) is 0 Å². The molecule has 36 heavy (non-hydrogen) atoms. The molecule has 0 aliphatic heterocycles. The summed E-state index contributed by atoms with van der Waals surface area (Å²) in [7, 11) is 3.58. The molecular formula is C30H48N4O2. The van der Waals surface area contributed by atoms with Crippen molar-refractivity contribution in [2.24, 2.45) is 11.0 Å². The van der Waals surface area contributed by atoms with E-state index >= 15 is 0 Å². The van der Waals surface area contributed by atoms with Gasteiger partial charge < -0.3 is 21.0 Å². The van der Waals surface area contributed by atoms with E-state index < -0.39 is 6.10 Å². The zero-order valence-corrected chi connectivity index (χ0v) is 23.5. The Morgan fingerprint density at radius 1 is 1.06 bits per heavy atom. The quantitative estimate of drug-likeness (QED) is 0.244. The number of aryl methyl sites for hydroxylation is 2. The highest BCUT2D eigenvalue weighted by Crippen LogP contribution is 2.31. The minimum Gasteiger partial charge on any atom is -0.394 e. The number of nitrogens with one attached hydrogen (secondary N) is 2. The smallest absolute Gasteiger partial charge is 0.0837 e. The van der Waals surface area contributed by atoms with Crippen LogP contribution in [0.25, 0.3) is 16.8 Å². The summed E-state index contributed by atoms with van der Waals surface area (Å²) in [6, 6.07) is 10.4. The van der Waals surface area contributed by atoms with Crippen LogP contribution in [0, 0.1) is 19.8 Å². The fraction of sp³-hybridized carbons (Fsp3) is 0.467. The first-order chi connectivity index (χ1) is 17.4. The molecule has 0 aliphatic rings. The van der Waals surface area contributed by atoms with Crippen molar-refractivity contribution in [1.82, 2.24) is 15.7 Å². The molecule has 1 atom stereocenters. The Bertz CT molecular complexity index is 902. The predicted octanol–water partition coefficient (Wildman–Crippen LogP) is 5.88. The molecule has 2 rings (SSSR count). The third kappa shape index (κ3) is 11.6. The van der Waals surface area contributed by atoms with Gasteiger partial charge in [-0.2, -0.15) is 5.10 Å². The number of rotatable bonds is 10. The molecule has 0 saturated carbocycles. The standard InChI is InChI=1S/C22H30N2O.C5H10N2O.C3H8/c1-6-17(7-2)22(25)19(14-23-5)18-11-12-24-20(13-18)21-15(3)9-8-10-16(21)4;1-6-7-4-2-3-5-8;1-3-2/h8-14,17,22-23,25H,6-7H2,1-5H3;2-4,6,8H,5H2,1H3;3H2,1-2H3/b19-14+;3-2-,7-4-;. The van der Waals surface area contributed by atoms with Crippen LogP contribution in [-0.4, -0.2) is 48.2 Å². The summed E-state index contributed by atoms with van der Waals surface area (Å²) in [4.78, 5) is 4.59. The number of benzene rings is 1. The molecule has 1 unspecified atom stereocenters. The summed E-state index contributed by atoms with van der Waals surface area (Å²) in [5.74, 6) is 0.247. The second-order valence-electron chi connectivity index (χ2n) is 8.43. The minimum atomic E-state index is -0.490. The van der Waals surface area contributed by atoms with Gasteiger partial charge in [-0.3, -0.25) is 4.98 Å². The van der Waals surface area contributed by atoms with Crippen molar-refractivity contribution < 1.29 is 10.2 Å². The summed E-state index contributed by atoms with van der Waals surface area (Å²) in [6.45, 7) is 12.8. The number of hydrogen-bond acceptors (Lipinski definition) is 6. The van der Waals surface area contributed by atoms with E-state index in [1.54, 1.807) is 25.4 Å². The Balaban J connectivity index is 0.000000936. The van der Waals surface area contributed by atoms with Crippen molar-refractivity contribution in [2.45, 2.75) is 66.9 Å². The average Bonchev–Trinajstić information content (AvgIpc) is 2.87. The van der Waals surface area contributed by atoms with Crippen LogP contribution >= 0.6 is 0 Å². The largest absolute Gasteiger partial charge is 0.394 e. The van der Waals surface area contributed by atoms with Crippen LogP contribution in [0.3, 0.4) is 0 Å². The molecule has 200 valence electrons. The number of aliphatic hydroxyl groups is 2. The second kappa shape index (κ2) is 20.3. The lowest BCUT2D eigenvalue weighted by Crippen LogP contribution is -2.22. The van der Waals surface area contributed by atoms with Gasteiger partial charge in [0, 0.05) is 43.8 Å². The van der Waals surface area contributed by atoms with Gasteiger partial charge in [0.05, 0.1) is 18.4 Å². The first-order valence-corrected chi connectivity index (χ1v) is 12.9. The summed E-state index contributed by atoms with van der Waals surface area (Å²) < 4.78 is 0. The fourth-order valence-corrected chi connectivity index (χ4v) is 3.69. The molecule has 0 fully saturated rings. The van der Waals surface area contributed by atoms with Crippen molar-refractivity contribution in [3.8, 4) is 11.3 Å². The van der Waals surface area contributed by atoms with E-state index in [0.717, 1.165) is 29.7 Å². The van der Waals surface area contributed by atoms with Crippen molar-refractivity contribution in [3.63, 3.8) is 0 Å². The van der Waals surface area contributed by atoms with Crippen LogP contribution in [0.15, 0.2) is 60.0 Å². The number of nitrogens with zero attached hydrogens (tertiary/aromatic N) is 2. The predicted molar refractivity (Wildman–Crippen MR) is 156 cm³/mol. The van der Waals surface area contributed by atoms with Gasteiger partial charge in [0.2, 0.25) is 0 Å². The van der Waals surface area contributed by atoms with E-state index in [1.807, 2.05) is 25.5 Å². The van der Waals surface area contributed by atoms with Crippen LogP contribution in [0.2, 0.25) is 0 Å². The summed E-state index contributed by atoms with van der Waals surface area (Å²) in [5.41, 5.74) is 9.05. The summed E-state index contributed by atoms with van der Waals surface area (Å²) >= 11 is 0. The van der Waals surface area contributed by atoms with E-state index in [9.17, 15) is 5.11 Å². The monoisotopic (exact) mass is 496 g/mol. The molecule has 1 aromatic heterocycles. The van der Waals surface area contributed by atoms with E-state index in [1.165, 1.54) is 23.1 Å². The molecule has 0 radical (unpaired) electrons. The maximum atomic E-state index is 10.9. The molecule has 1 heterocycles. The van der Waals surface area contributed by atoms with E-state index in [-0.39, 0.29) is 12.5 Å². The summed E-state index contributed by atoms with van der Waals surface area (Å²) in [5, 5.41) is 25.8. The number of hydrazone groups is 1. The zero-order chi connectivity index (χ0) is 27.3. The molecule has 0 amide bonds. The van der Waals surface area contributed by atoms with E-state index in [4.69, 9.17) is 5.11 Å². The van der Waals surface area contributed by atoms with Crippen molar-refractivity contribution in [3.05, 3.63) is 71.6 Å². The first-order valence-electron chi connectivity index (χ1n) is 12.9. The highest BCUT2D eigenvalue weighted by molar-refractivity contribution is 5.75. The van der Waals surface area contributed by atoms with Crippen LogP contribution in [0.4, 0.5) is 0 Å². The van der Waals surface area contributed by atoms with Crippen molar-refractivity contribution in [1.29, 1.82) is 0 Å². The van der Waals surface area contributed by atoms with Crippen LogP contribution in [0.1, 0.15) is 63.6 Å². The maximum absolute atomic E-state index is 10.9. The van der Waals surface area contributed by atoms with Gasteiger partial charge in [0.25, 0.3) is 0 Å². The Morgan fingerprint density at radius 2 is 1.67 bits per heavy atom. The third-order valence-corrected chi connectivity index (χ3v) is 5.48. The third-order valence-electron chi connectivity index (χ3n) is 5.48. The van der Waals surface area contributed by atoms with E-state index in [0.29, 0.717) is 0 Å². The van der Waals surface area contributed by atoms with Crippen molar-refractivity contribution >= 4 is 11.8 Å². The number of allylic oxidation sites excluding steroid dienone is 1. The normalized spacial score (nSPS) is 12.1. The van der Waals surface area contributed by atoms with Crippen LogP contribution in [0.5, 0.6) is 0 Å². The molecule has 6 nitrogen and oxygen atoms in total. The zero-order valence-electron chi connectivity index (χ0n) is 23.5. The Kier molecular flexibility index (Phi) is 18.6. The molecule has 0 bridgehead atoms. The van der Waals surface area contributed by atoms with Gasteiger partial charge in [-0.15, -0.1) is 0 Å². The van der Waals surface area contributed by atoms with Gasteiger partial charge >= 0.3 is 0 Å². The van der Waals surface area contributed by atoms with Gasteiger partial charge in [-0.25, -0.2) is 0 Å². The van der Waals surface area contributed by atoms with Gasteiger partial charge in [-0.05, 0) is 54.7 Å². The lowest BCUT2D eigenvalue weighted by Gasteiger charge is -2.23. The van der Waals surface area contributed by atoms with Gasteiger partial charge in [0.1, 0.15) is 0 Å². The van der Waals surface area contributed by atoms with Crippen LogP contribution < -0.4 is 10.7 Å². The maximum Gasteiger partial charge on any atom is 0.0837 e. The minimum absolute atomic E-state index is 0.0652. The first kappa shape index (κ1) is 33.0. The Hall–Kier alpha value is -2.96. The molecule has 6 heteroatoms.